The lowest BCUT2D eigenvalue weighted by Crippen LogP contribution is -1.70. The second-order valence-corrected chi connectivity index (χ2v) is 3.09. The summed E-state index contributed by atoms with van der Waals surface area (Å²) in [4.78, 5) is 2.97. The van der Waals surface area contributed by atoms with Crippen LogP contribution in [0.25, 0.3) is 10.9 Å². The molecule has 1 N–H and O–H groups in total. The van der Waals surface area contributed by atoms with Crippen LogP contribution in [0.5, 0.6) is 0 Å². The van der Waals surface area contributed by atoms with Crippen molar-refractivity contribution in [1.29, 1.82) is 0 Å². The van der Waals surface area contributed by atoms with Gasteiger partial charge in [-0.1, -0.05) is 23.2 Å². The van der Waals surface area contributed by atoms with Crippen molar-refractivity contribution in [1.82, 2.24) is 4.98 Å². The minimum Gasteiger partial charge on any atom is -0.359 e. The first kappa shape index (κ1) is 7.01. The minimum absolute atomic E-state index is 0.633. The highest BCUT2D eigenvalue weighted by Gasteiger charge is 2.00. The van der Waals surface area contributed by atoms with Crippen LogP contribution in [0.2, 0.25) is 10.0 Å². The molecular weight excluding hydrogens is 181 g/mol. The van der Waals surface area contributed by atoms with Crippen molar-refractivity contribution in [3.8, 4) is 0 Å². The summed E-state index contributed by atoms with van der Waals surface area (Å²) in [6.07, 6.45) is 1.72. The second-order valence-electron chi connectivity index (χ2n) is 2.24. The van der Waals surface area contributed by atoms with E-state index in [1.165, 1.54) is 0 Å². The molecule has 0 unspecified atom stereocenters. The molecule has 1 aromatic heterocycles. The first-order valence-electron chi connectivity index (χ1n) is 3.11. The molecule has 0 saturated heterocycles. The van der Waals surface area contributed by atoms with E-state index in [-0.39, 0.29) is 0 Å². The third-order valence-corrected chi connectivity index (χ3v) is 2.02. The smallest absolute Gasteiger partial charge is 0.0662 e. The van der Waals surface area contributed by atoms with Crippen LogP contribution in [0.4, 0.5) is 0 Å². The van der Waals surface area contributed by atoms with Crippen molar-refractivity contribution in [3.63, 3.8) is 0 Å². The van der Waals surface area contributed by atoms with E-state index >= 15 is 0 Å². The lowest BCUT2D eigenvalue weighted by molar-refractivity contribution is 1.47. The van der Waals surface area contributed by atoms with Gasteiger partial charge in [0.15, 0.2) is 0 Å². The minimum atomic E-state index is 0.633. The maximum absolute atomic E-state index is 5.87. The number of nitrogens with one attached hydrogen (secondary N) is 1. The number of hydrogen-bond acceptors (Lipinski definition) is 0. The molecule has 0 aliphatic heterocycles. The molecule has 0 spiro atoms. The van der Waals surface area contributed by atoms with Gasteiger partial charge in [-0.2, -0.15) is 0 Å². The molecule has 2 rings (SSSR count). The average Bonchev–Trinajstić information content (AvgIpc) is 2.34. The van der Waals surface area contributed by atoms with Crippen LogP contribution in [0, 0.1) is 6.07 Å². The molecule has 1 aromatic carbocycles. The predicted octanol–water partition coefficient (Wildman–Crippen LogP) is 3.27. The van der Waals surface area contributed by atoms with Crippen molar-refractivity contribution in [3.05, 3.63) is 34.4 Å². The molecule has 3 heteroatoms. The first-order chi connectivity index (χ1) is 5.27. The Morgan fingerprint density at radius 1 is 1.27 bits per heavy atom. The fourth-order valence-corrected chi connectivity index (χ4v) is 1.57. The Morgan fingerprint density at radius 3 is 2.91 bits per heavy atom. The number of H-pyrrole nitrogens is 1. The number of rotatable bonds is 0. The summed E-state index contributed by atoms with van der Waals surface area (Å²) >= 11 is 11.6. The molecule has 11 heavy (non-hydrogen) atoms. The molecule has 1 nitrogen and oxygen atoms in total. The molecule has 2 aromatic rings. The van der Waals surface area contributed by atoms with Crippen LogP contribution < -0.4 is 0 Å². The molecule has 55 valence electrons. The normalized spacial score (nSPS) is 10.7. The molecule has 0 aliphatic rings. The number of fused-ring (bicyclic) bond motifs is 1. The van der Waals surface area contributed by atoms with Gasteiger partial charge in [-0.05, 0) is 12.1 Å². The Bertz CT molecular complexity index is 392. The zero-order chi connectivity index (χ0) is 7.84. The summed E-state index contributed by atoms with van der Waals surface area (Å²) in [6.45, 7) is 0. The van der Waals surface area contributed by atoms with E-state index in [0.717, 1.165) is 10.9 Å². The SMILES string of the molecule is Clc1cc(Cl)c2[nH]c[c]c2c1. The Morgan fingerprint density at radius 2 is 2.09 bits per heavy atom. The van der Waals surface area contributed by atoms with Gasteiger partial charge < -0.3 is 4.98 Å². The van der Waals surface area contributed by atoms with Crippen molar-refractivity contribution in [2.75, 3.05) is 0 Å². The third-order valence-electron chi connectivity index (χ3n) is 1.50. The van der Waals surface area contributed by atoms with Crippen LogP contribution in [0.3, 0.4) is 0 Å². The van der Waals surface area contributed by atoms with Crippen LogP contribution in [-0.2, 0) is 0 Å². The van der Waals surface area contributed by atoms with Crippen LogP contribution >= 0.6 is 23.2 Å². The van der Waals surface area contributed by atoms with Gasteiger partial charge in [0.25, 0.3) is 0 Å². The number of hydrogen-bond donors (Lipinski definition) is 1. The van der Waals surface area contributed by atoms with Crippen molar-refractivity contribution in [2.24, 2.45) is 0 Å². The van der Waals surface area contributed by atoms with Crippen molar-refractivity contribution >= 4 is 34.1 Å². The van der Waals surface area contributed by atoms with Gasteiger partial charge >= 0.3 is 0 Å². The number of benzene rings is 1. The van der Waals surface area contributed by atoms with Gasteiger partial charge in [0.05, 0.1) is 10.5 Å². The summed E-state index contributed by atoms with van der Waals surface area (Å²) in [6, 6.07) is 6.50. The van der Waals surface area contributed by atoms with Gasteiger partial charge in [0.1, 0.15) is 0 Å². The topological polar surface area (TPSA) is 15.8 Å². The largest absolute Gasteiger partial charge is 0.359 e. The summed E-state index contributed by atoms with van der Waals surface area (Å²) in [5.41, 5.74) is 0.885. The van der Waals surface area contributed by atoms with Gasteiger partial charge in [-0.3, -0.25) is 0 Å². The highest BCUT2D eigenvalue weighted by atomic mass is 35.5. The standard InChI is InChI=1S/C8H4Cl2N/c9-6-3-5-1-2-11-8(5)7(10)4-6/h2-4,11H. The van der Waals surface area contributed by atoms with E-state index in [2.05, 4.69) is 11.1 Å². The quantitative estimate of drug-likeness (QED) is 0.648. The van der Waals surface area contributed by atoms with E-state index in [1.54, 1.807) is 12.3 Å². The van der Waals surface area contributed by atoms with Crippen molar-refractivity contribution in [2.45, 2.75) is 0 Å². The van der Waals surface area contributed by atoms with Crippen molar-refractivity contribution < 1.29 is 0 Å². The molecule has 0 aliphatic carbocycles. The maximum Gasteiger partial charge on any atom is 0.0662 e. The molecule has 1 radical (unpaired) electrons. The van der Waals surface area contributed by atoms with E-state index in [4.69, 9.17) is 23.2 Å². The van der Waals surface area contributed by atoms with Crippen LogP contribution in [0.15, 0.2) is 18.3 Å². The van der Waals surface area contributed by atoms with Gasteiger partial charge in [-0.15, -0.1) is 0 Å². The average molecular weight is 185 g/mol. The Hall–Kier alpha value is -0.660. The molecule has 1 heterocycles. The Kier molecular flexibility index (Phi) is 1.55. The zero-order valence-electron chi connectivity index (χ0n) is 5.49. The Labute approximate surface area is 73.9 Å². The van der Waals surface area contributed by atoms with E-state index < -0.39 is 0 Å². The fourth-order valence-electron chi connectivity index (χ4n) is 1.02. The highest BCUT2D eigenvalue weighted by Crippen LogP contribution is 2.25. The molecular formula is C8H4Cl2N. The number of aromatic amines is 1. The summed E-state index contributed by atoms with van der Waals surface area (Å²) in [5, 5.41) is 2.19. The van der Waals surface area contributed by atoms with E-state index in [9.17, 15) is 0 Å². The molecule has 0 fully saturated rings. The van der Waals surface area contributed by atoms with Crippen LogP contribution in [0.1, 0.15) is 0 Å². The molecule has 0 amide bonds. The Balaban J connectivity index is 2.91. The predicted molar refractivity (Wildman–Crippen MR) is 47.2 cm³/mol. The second kappa shape index (κ2) is 2.43. The van der Waals surface area contributed by atoms with Gasteiger partial charge in [0, 0.05) is 22.7 Å². The van der Waals surface area contributed by atoms with E-state index in [0.29, 0.717) is 10.0 Å². The summed E-state index contributed by atoms with van der Waals surface area (Å²) < 4.78 is 0. The van der Waals surface area contributed by atoms with Gasteiger partial charge in [0.2, 0.25) is 0 Å². The molecule has 0 bridgehead atoms. The lowest BCUT2D eigenvalue weighted by Gasteiger charge is -1.94. The monoisotopic (exact) mass is 184 g/mol. The molecule has 0 atom stereocenters. The number of aromatic nitrogens is 1. The third kappa shape index (κ3) is 1.10. The highest BCUT2D eigenvalue weighted by molar-refractivity contribution is 6.38. The fraction of sp³-hybridized carbons (Fsp3) is 0. The van der Waals surface area contributed by atoms with Gasteiger partial charge in [-0.25, -0.2) is 0 Å². The van der Waals surface area contributed by atoms with E-state index in [1.807, 2.05) is 6.07 Å². The van der Waals surface area contributed by atoms with Crippen LogP contribution in [-0.4, -0.2) is 4.98 Å². The number of halogens is 2. The maximum atomic E-state index is 5.87. The summed E-state index contributed by atoms with van der Waals surface area (Å²) in [7, 11) is 0. The molecule has 0 saturated carbocycles. The summed E-state index contributed by atoms with van der Waals surface area (Å²) in [5.74, 6) is 0. The lowest BCUT2D eigenvalue weighted by atomic mass is 10.2. The zero-order valence-corrected chi connectivity index (χ0v) is 7.00. The first-order valence-corrected chi connectivity index (χ1v) is 3.87.